The van der Waals surface area contributed by atoms with Gasteiger partial charge in [-0.2, -0.15) is 0 Å². The third kappa shape index (κ3) is 84.0. The summed E-state index contributed by atoms with van der Waals surface area (Å²) in [6.07, 6.45) is 115. The third-order valence-corrected chi connectivity index (χ3v) is 20.3. The summed E-state index contributed by atoms with van der Waals surface area (Å²) in [7, 11) is -4.40. The second-order valence-electron chi connectivity index (χ2n) is 29.0. The number of carbonyl (C=O) groups is 2. The highest BCUT2D eigenvalue weighted by Gasteiger charge is 2.26. The van der Waals surface area contributed by atoms with E-state index < -0.39 is 26.5 Å². The standard InChI is InChI=1S/C89H164NO8P/c1-3-5-7-9-11-13-15-17-19-21-23-25-27-29-31-33-35-37-39-41-42-43-44-46-48-50-52-54-56-58-60-62-64-66-68-70-72-74-76-78-80-82-89(92)98-87(86-97-99(93,94)96-84-83-90)85-95-88(91)81-79-77-75-73-71-69-67-65-63-61-59-57-55-53-51-49-47-45-40-38-36-34-32-30-28-26-24-22-20-18-16-14-12-10-8-6-4-2/h5,7,11,13,17,19,23,25,29,31,35,37,41-42,87H,3-4,6,8-10,12,14-16,18,20-22,24,26-28,30,32-34,36,38-40,43-86,90H2,1-2H3,(H,93,94)/b7-5-,13-11-,19-17-,25-23-,31-29-,37-35-,42-41-. The number of carbonyl (C=O) groups excluding carboxylic acids is 2. The van der Waals surface area contributed by atoms with E-state index in [1.165, 1.54) is 327 Å². The van der Waals surface area contributed by atoms with Crippen molar-refractivity contribution in [3.63, 3.8) is 0 Å². The van der Waals surface area contributed by atoms with E-state index in [1.54, 1.807) is 0 Å². The number of unbranched alkanes of at least 4 members (excludes halogenated alkanes) is 55. The van der Waals surface area contributed by atoms with Gasteiger partial charge in [0.05, 0.1) is 13.2 Å². The predicted octanol–water partition coefficient (Wildman–Crippen LogP) is 29.2. The van der Waals surface area contributed by atoms with E-state index in [9.17, 15) is 19.0 Å². The molecular formula is C89H164NO8P. The van der Waals surface area contributed by atoms with Crippen LogP contribution in [0.2, 0.25) is 0 Å². The van der Waals surface area contributed by atoms with Gasteiger partial charge in [0.25, 0.3) is 0 Å². The van der Waals surface area contributed by atoms with Crippen LogP contribution in [0.25, 0.3) is 0 Å². The third-order valence-electron chi connectivity index (χ3n) is 19.3. The lowest BCUT2D eigenvalue weighted by Gasteiger charge is -2.19. The number of hydrogen-bond acceptors (Lipinski definition) is 8. The molecular weight excluding hydrogens is 1240 g/mol. The molecule has 0 rings (SSSR count). The molecule has 0 saturated heterocycles. The fourth-order valence-corrected chi connectivity index (χ4v) is 13.7. The molecule has 99 heavy (non-hydrogen) atoms. The van der Waals surface area contributed by atoms with Gasteiger partial charge in [-0.1, -0.05) is 439 Å². The minimum absolute atomic E-state index is 0.0545. The van der Waals surface area contributed by atoms with Crippen molar-refractivity contribution in [2.45, 2.75) is 444 Å². The summed E-state index contributed by atoms with van der Waals surface area (Å²) in [4.78, 5) is 35.5. The van der Waals surface area contributed by atoms with Crippen LogP contribution in [-0.4, -0.2) is 49.3 Å². The molecule has 0 radical (unpaired) electrons. The van der Waals surface area contributed by atoms with Gasteiger partial charge in [-0.15, -0.1) is 0 Å². The number of phosphoric ester groups is 1. The number of hydrogen-bond donors (Lipinski definition) is 2. The number of rotatable bonds is 82. The smallest absolute Gasteiger partial charge is 0.462 e. The van der Waals surface area contributed by atoms with E-state index in [0.717, 1.165) is 77.0 Å². The summed E-state index contributed by atoms with van der Waals surface area (Å²) in [5.41, 5.74) is 5.42. The second kappa shape index (κ2) is 84.1. The van der Waals surface area contributed by atoms with Crippen LogP contribution >= 0.6 is 7.82 Å². The van der Waals surface area contributed by atoms with Gasteiger partial charge < -0.3 is 20.1 Å². The van der Waals surface area contributed by atoms with Crippen molar-refractivity contribution in [3.05, 3.63) is 85.1 Å². The molecule has 0 fully saturated rings. The average molecular weight is 1410 g/mol. The lowest BCUT2D eigenvalue weighted by molar-refractivity contribution is -0.161. The molecule has 0 aliphatic rings. The van der Waals surface area contributed by atoms with E-state index in [1.807, 2.05) is 0 Å². The van der Waals surface area contributed by atoms with Crippen LogP contribution in [0.1, 0.15) is 438 Å². The Labute approximate surface area is 614 Å². The average Bonchev–Trinajstić information content (AvgIpc) is 1.19. The molecule has 0 aromatic carbocycles. The monoisotopic (exact) mass is 1410 g/mol. The van der Waals surface area contributed by atoms with Crippen molar-refractivity contribution in [3.8, 4) is 0 Å². The first-order valence-corrected chi connectivity index (χ1v) is 44.6. The van der Waals surface area contributed by atoms with Crippen LogP contribution in [0.5, 0.6) is 0 Å². The molecule has 10 heteroatoms. The van der Waals surface area contributed by atoms with Crippen molar-refractivity contribution in [2.75, 3.05) is 26.4 Å². The lowest BCUT2D eigenvalue weighted by Crippen LogP contribution is -2.29. The Morgan fingerprint density at radius 3 is 0.828 bits per heavy atom. The highest BCUT2D eigenvalue weighted by molar-refractivity contribution is 7.47. The first-order valence-electron chi connectivity index (χ1n) is 43.1. The van der Waals surface area contributed by atoms with Gasteiger partial charge in [-0.25, -0.2) is 4.57 Å². The van der Waals surface area contributed by atoms with Crippen molar-refractivity contribution in [1.29, 1.82) is 0 Å². The normalized spacial score (nSPS) is 13.2. The Kier molecular flexibility index (Phi) is 81.7. The quantitative estimate of drug-likeness (QED) is 0.0264. The van der Waals surface area contributed by atoms with Gasteiger partial charge in [0, 0.05) is 19.4 Å². The van der Waals surface area contributed by atoms with Crippen LogP contribution in [-0.2, 0) is 32.7 Å². The maximum Gasteiger partial charge on any atom is 0.472 e. The minimum atomic E-state index is -4.40. The summed E-state index contributed by atoms with van der Waals surface area (Å²) >= 11 is 0. The van der Waals surface area contributed by atoms with Gasteiger partial charge in [-0.3, -0.25) is 18.6 Å². The van der Waals surface area contributed by atoms with Gasteiger partial charge in [0.1, 0.15) is 6.61 Å². The molecule has 578 valence electrons. The number of allylic oxidation sites excluding steroid dienone is 14. The van der Waals surface area contributed by atoms with Crippen LogP contribution < -0.4 is 5.73 Å². The summed E-state index contributed by atoms with van der Waals surface area (Å²) in [6.45, 7) is 3.71. The molecule has 0 saturated carbocycles. The molecule has 0 aliphatic carbocycles. The van der Waals surface area contributed by atoms with Crippen LogP contribution in [0.4, 0.5) is 0 Å². The lowest BCUT2D eigenvalue weighted by atomic mass is 10.0. The molecule has 0 amide bonds. The van der Waals surface area contributed by atoms with Crippen molar-refractivity contribution >= 4 is 19.8 Å². The zero-order valence-corrected chi connectivity index (χ0v) is 66.4. The Hall–Kier alpha value is -2.81. The predicted molar refractivity (Wildman–Crippen MR) is 432 cm³/mol. The molecule has 0 aromatic rings. The van der Waals surface area contributed by atoms with Crippen LogP contribution in [0, 0.1) is 0 Å². The highest BCUT2D eigenvalue weighted by Crippen LogP contribution is 2.43. The van der Waals surface area contributed by atoms with Gasteiger partial charge in [0.15, 0.2) is 6.10 Å². The number of ether oxygens (including phenoxy) is 2. The first-order chi connectivity index (χ1) is 48.8. The Bertz CT molecular complexity index is 1910. The number of phosphoric acid groups is 1. The van der Waals surface area contributed by atoms with E-state index in [0.29, 0.717) is 6.42 Å². The Balaban J connectivity index is 3.75. The van der Waals surface area contributed by atoms with Crippen molar-refractivity contribution in [2.24, 2.45) is 5.73 Å². The van der Waals surface area contributed by atoms with Crippen LogP contribution in [0.15, 0.2) is 85.1 Å². The SMILES string of the molecule is CC/C=C\C/C=C\C/C=C\C/C=C\C/C=C\C/C=C\C/C=C\CCCCCCCCCCCCCCCCCCCCCC(=O)OC(COC(=O)CCCCCCCCCCCCCCCCCCCCCCCCCCCCCCCCCCCCCCC)COP(=O)(O)OCCN. The fraction of sp³-hybridized carbons (Fsp3) is 0.820. The molecule has 0 bridgehead atoms. The molecule has 0 spiro atoms. The van der Waals surface area contributed by atoms with E-state index >= 15 is 0 Å². The molecule has 0 aliphatic heterocycles. The number of nitrogens with two attached hydrogens (primary N) is 1. The minimum Gasteiger partial charge on any atom is -0.462 e. The fourth-order valence-electron chi connectivity index (χ4n) is 13.0. The first kappa shape index (κ1) is 96.2. The molecule has 3 N–H and O–H groups in total. The van der Waals surface area contributed by atoms with E-state index in [-0.39, 0.29) is 38.6 Å². The zero-order valence-electron chi connectivity index (χ0n) is 65.5. The topological polar surface area (TPSA) is 134 Å². The number of esters is 2. The van der Waals surface area contributed by atoms with Gasteiger partial charge in [0.2, 0.25) is 0 Å². The largest absolute Gasteiger partial charge is 0.472 e. The second-order valence-corrected chi connectivity index (χ2v) is 30.5. The zero-order chi connectivity index (χ0) is 71.5. The summed E-state index contributed by atoms with van der Waals surface area (Å²) in [6, 6.07) is 0. The van der Waals surface area contributed by atoms with Crippen molar-refractivity contribution < 1.29 is 37.6 Å². The summed E-state index contributed by atoms with van der Waals surface area (Å²) in [5.74, 6) is -0.804. The van der Waals surface area contributed by atoms with Crippen molar-refractivity contribution in [1.82, 2.24) is 0 Å². The summed E-state index contributed by atoms with van der Waals surface area (Å²) < 4.78 is 33.3. The Morgan fingerprint density at radius 2 is 0.556 bits per heavy atom. The molecule has 2 unspecified atom stereocenters. The van der Waals surface area contributed by atoms with Gasteiger partial charge in [-0.05, 0) is 70.6 Å². The summed E-state index contributed by atoms with van der Waals surface area (Å²) in [5, 5.41) is 0. The highest BCUT2D eigenvalue weighted by atomic mass is 31.2. The molecule has 9 nitrogen and oxygen atoms in total. The van der Waals surface area contributed by atoms with E-state index in [2.05, 4.69) is 98.9 Å². The molecule has 0 aromatic heterocycles. The van der Waals surface area contributed by atoms with E-state index in [4.69, 9.17) is 24.3 Å². The molecule has 0 heterocycles. The van der Waals surface area contributed by atoms with Gasteiger partial charge >= 0.3 is 19.8 Å². The maximum absolute atomic E-state index is 12.8. The Morgan fingerprint density at radius 1 is 0.313 bits per heavy atom. The molecule has 2 atom stereocenters. The maximum atomic E-state index is 12.8. The van der Waals surface area contributed by atoms with Crippen LogP contribution in [0.3, 0.4) is 0 Å².